The van der Waals surface area contributed by atoms with E-state index in [1.807, 2.05) is 6.07 Å². The smallest absolute Gasteiger partial charge is 0.217 e. The molecule has 0 saturated heterocycles. The first-order valence-corrected chi connectivity index (χ1v) is 6.62. The van der Waals surface area contributed by atoms with Crippen molar-refractivity contribution in [3.63, 3.8) is 0 Å². The summed E-state index contributed by atoms with van der Waals surface area (Å²) in [6, 6.07) is 1.92. The minimum Gasteiger partial charge on any atom is -0.475 e. The van der Waals surface area contributed by atoms with Gasteiger partial charge in [0.25, 0.3) is 0 Å². The first-order chi connectivity index (χ1) is 8.27. The van der Waals surface area contributed by atoms with Crippen LogP contribution in [0.25, 0.3) is 0 Å². The number of nitrogens with zero attached hydrogens (tertiary/aromatic N) is 1. The number of hydrogen-bond donors (Lipinski definition) is 1. The van der Waals surface area contributed by atoms with Gasteiger partial charge in [0.05, 0.1) is 6.61 Å². The van der Waals surface area contributed by atoms with E-state index in [-0.39, 0.29) is 0 Å². The third kappa shape index (κ3) is 5.48. The van der Waals surface area contributed by atoms with Gasteiger partial charge in [0.1, 0.15) is 6.61 Å². The molecule has 5 heteroatoms. The van der Waals surface area contributed by atoms with Gasteiger partial charge in [0.2, 0.25) is 5.88 Å². The summed E-state index contributed by atoms with van der Waals surface area (Å²) in [5.41, 5.74) is 6.51. The Morgan fingerprint density at radius 2 is 2.18 bits per heavy atom. The van der Waals surface area contributed by atoms with Gasteiger partial charge in [-0.05, 0) is 28.4 Å². The van der Waals surface area contributed by atoms with Crippen LogP contribution in [0.2, 0.25) is 0 Å². The van der Waals surface area contributed by atoms with Crippen LogP contribution in [-0.2, 0) is 11.3 Å². The molecule has 1 aromatic rings. The molecule has 0 aliphatic carbocycles. The zero-order valence-corrected chi connectivity index (χ0v) is 11.7. The van der Waals surface area contributed by atoms with Gasteiger partial charge in [-0.25, -0.2) is 4.98 Å². The van der Waals surface area contributed by atoms with Crippen LogP contribution in [0.1, 0.15) is 25.3 Å². The molecule has 96 valence electrons. The number of nitrogens with two attached hydrogens (primary N) is 1. The van der Waals surface area contributed by atoms with Gasteiger partial charge in [-0.15, -0.1) is 0 Å². The molecule has 0 bridgehead atoms. The minimum absolute atomic E-state index is 0.415. The van der Waals surface area contributed by atoms with Crippen LogP contribution in [0.4, 0.5) is 0 Å². The summed E-state index contributed by atoms with van der Waals surface area (Å²) in [5, 5.41) is 0. The molecule has 17 heavy (non-hydrogen) atoms. The molecule has 1 rings (SSSR count). The highest BCUT2D eigenvalue weighted by molar-refractivity contribution is 9.10. The second-order valence-electron chi connectivity index (χ2n) is 3.64. The number of rotatable bonds is 8. The Morgan fingerprint density at radius 3 is 2.88 bits per heavy atom. The monoisotopic (exact) mass is 302 g/mol. The zero-order chi connectivity index (χ0) is 12.5. The summed E-state index contributed by atoms with van der Waals surface area (Å²) in [4.78, 5) is 4.18. The summed E-state index contributed by atoms with van der Waals surface area (Å²) >= 11 is 3.35. The lowest BCUT2D eigenvalue weighted by Crippen LogP contribution is -2.10. The fraction of sp³-hybridized carbons (Fsp3) is 0.583. The minimum atomic E-state index is 0.415. The van der Waals surface area contributed by atoms with Gasteiger partial charge in [-0.2, -0.15) is 0 Å². The number of pyridine rings is 1. The third-order valence-electron chi connectivity index (χ3n) is 2.22. The number of ether oxygens (including phenoxy) is 2. The average molecular weight is 303 g/mol. The van der Waals surface area contributed by atoms with Crippen molar-refractivity contribution >= 4 is 15.9 Å². The summed E-state index contributed by atoms with van der Waals surface area (Å²) < 4.78 is 11.8. The largest absolute Gasteiger partial charge is 0.475 e. The Balaban J connectivity index is 2.31. The quantitative estimate of drug-likeness (QED) is 0.750. The average Bonchev–Trinajstić information content (AvgIpc) is 2.35. The fourth-order valence-electron chi connectivity index (χ4n) is 1.29. The Morgan fingerprint density at radius 1 is 1.35 bits per heavy atom. The van der Waals surface area contributed by atoms with E-state index in [0.29, 0.717) is 25.6 Å². The highest BCUT2D eigenvalue weighted by Gasteiger charge is 2.04. The van der Waals surface area contributed by atoms with Gasteiger partial charge in [-0.3, -0.25) is 0 Å². The van der Waals surface area contributed by atoms with Crippen LogP contribution in [-0.4, -0.2) is 24.8 Å². The van der Waals surface area contributed by atoms with Crippen molar-refractivity contribution in [1.29, 1.82) is 0 Å². The standard InChI is InChI=1S/C12H19BrN2O2/c1-2-3-4-16-5-6-17-12-10(8-14)7-11(13)9-15-12/h7,9H,2-6,8,14H2,1H3. The Kier molecular flexibility index (Phi) is 7.16. The van der Waals surface area contributed by atoms with Crippen LogP contribution in [0.5, 0.6) is 5.88 Å². The summed E-state index contributed by atoms with van der Waals surface area (Å²) in [6.07, 6.45) is 3.93. The van der Waals surface area contributed by atoms with Gasteiger partial charge >= 0.3 is 0 Å². The molecule has 0 spiro atoms. The lowest BCUT2D eigenvalue weighted by molar-refractivity contribution is 0.0961. The van der Waals surface area contributed by atoms with Gasteiger partial charge < -0.3 is 15.2 Å². The van der Waals surface area contributed by atoms with Crippen LogP contribution < -0.4 is 10.5 Å². The molecule has 0 aromatic carbocycles. The molecule has 0 amide bonds. The molecule has 4 nitrogen and oxygen atoms in total. The molecule has 0 atom stereocenters. The van der Waals surface area contributed by atoms with Crippen LogP contribution >= 0.6 is 15.9 Å². The molecule has 1 aromatic heterocycles. The Hall–Kier alpha value is -0.650. The van der Waals surface area contributed by atoms with E-state index in [1.54, 1.807) is 6.20 Å². The maximum Gasteiger partial charge on any atom is 0.217 e. The highest BCUT2D eigenvalue weighted by Crippen LogP contribution is 2.19. The molecule has 0 fully saturated rings. The first kappa shape index (κ1) is 14.4. The van der Waals surface area contributed by atoms with E-state index < -0.39 is 0 Å². The maximum absolute atomic E-state index is 5.62. The topological polar surface area (TPSA) is 57.4 Å². The van der Waals surface area contributed by atoms with Crippen LogP contribution in [0.3, 0.4) is 0 Å². The van der Waals surface area contributed by atoms with Crippen molar-refractivity contribution in [1.82, 2.24) is 4.98 Å². The fourth-order valence-corrected chi connectivity index (χ4v) is 1.67. The molecule has 0 aliphatic rings. The normalized spacial score (nSPS) is 10.5. The zero-order valence-electron chi connectivity index (χ0n) is 10.1. The first-order valence-electron chi connectivity index (χ1n) is 5.83. The summed E-state index contributed by atoms with van der Waals surface area (Å²) in [6.45, 7) is 4.43. The SMILES string of the molecule is CCCCOCCOc1ncc(Br)cc1CN. The summed E-state index contributed by atoms with van der Waals surface area (Å²) in [5.74, 6) is 0.592. The van der Waals surface area contributed by atoms with Crippen molar-refractivity contribution in [2.45, 2.75) is 26.3 Å². The number of hydrogen-bond acceptors (Lipinski definition) is 4. The van der Waals surface area contributed by atoms with Crippen molar-refractivity contribution in [3.8, 4) is 5.88 Å². The van der Waals surface area contributed by atoms with Crippen molar-refractivity contribution in [2.24, 2.45) is 5.73 Å². The van der Waals surface area contributed by atoms with Crippen molar-refractivity contribution < 1.29 is 9.47 Å². The van der Waals surface area contributed by atoms with Crippen LogP contribution in [0, 0.1) is 0 Å². The van der Waals surface area contributed by atoms with E-state index in [2.05, 4.69) is 27.8 Å². The number of unbranched alkanes of at least 4 members (excludes halogenated alkanes) is 1. The maximum atomic E-state index is 5.62. The van der Waals surface area contributed by atoms with Gasteiger partial charge in [0, 0.05) is 29.4 Å². The van der Waals surface area contributed by atoms with Crippen molar-refractivity contribution in [3.05, 3.63) is 22.3 Å². The predicted molar refractivity (Wildman–Crippen MR) is 71.1 cm³/mol. The molecule has 0 unspecified atom stereocenters. The second-order valence-corrected chi connectivity index (χ2v) is 4.55. The lowest BCUT2D eigenvalue weighted by atomic mass is 10.3. The molecular formula is C12H19BrN2O2. The van der Waals surface area contributed by atoms with E-state index in [9.17, 15) is 0 Å². The van der Waals surface area contributed by atoms with E-state index >= 15 is 0 Å². The Labute approximate surface area is 111 Å². The Bertz CT molecular complexity index is 334. The molecular weight excluding hydrogens is 284 g/mol. The molecule has 2 N–H and O–H groups in total. The number of aromatic nitrogens is 1. The van der Waals surface area contributed by atoms with E-state index in [0.717, 1.165) is 29.5 Å². The highest BCUT2D eigenvalue weighted by atomic mass is 79.9. The molecule has 1 heterocycles. The lowest BCUT2D eigenvalue weighted by Gasteiger charge is -2.09. The van der Waals surface area contributed by atoms with E-state index in [4.69, 9.17) is 15.2 Å². The second kappa shape index (κ2) is 8.44. The van der Waals surface area contributed by atoms with Gasteiger partial charge in [0.15, 0.2) is 0 Å². The summed E-state index contributed by atoms with van der Waals surface area (Å²) in [7, 11) is 0. The molecule has 0 radical (unpaired) electrons. The van der Waals surface area contributed by atoms with E-state index in [1.165, 1.54) is 0 Å². The molecule has 0 aliphatic heterocycles. The third-order valence-corrected chi connectivity index (χ3v) is 2.65. The number of halogens is 1. The van der Waals surface area contributed by atoms with Gasteiger partial charge in [-0.1, -0.05) is 13.3 Å². The molecule has 0 saturated carbocycles. The van der Waals surface area contributed by atoms with Crippen molar-refractivity contribution in [2.75, 3.05) is 19.8 Å². The predicted octanol–water partition coefficient (Wildman–Crippen LogP) is 2.50. The van der Waals surface area contributed by atoms with Crippen LogP contribution in [0.15, 0.2) is 16.7 Å².